The first kappa shape index (κ1) is 21.7. The summed E-state index contributed by atoms with van der Waals surface area (Å²) >= 11 is 6.27. The maximum atomic E-state index is 6.27. The Bertz CT molecular complexity index is 1530. The van der Waals surface area contributed by atoms with Crippen molar-refractivity contribution in [3.05, 3.63) is 101 Å². The van der Waals surface area contributed by atoms with Crippen molar-refractivity contribution in [3.8, 4) is 22.5 Å². The van der Waals surface area contributed by atoms with Gasteiger partial charge >= 0.3 is 0 Å². The first-order valence-electron chi connectivity index (χ1n) is 11.7. The second-order valence-electron chi connectivity index (χ2n) is 8.71. The van der Waals surface area contributed by atoms with Crippen LogP contribution < -0.4 is 10.2 Å². The molecule has 0 atom stereocenters. The Morgan fingerprint density at radius 2 is 1.86 bits per heavy atom. The number of halogens is 1. The van der Waals surface area contributed by atoms with Crippen molar-refractivity contribution in [2.75, 3.05) is 18.5 Å². The van der Waals surface area contributed by atoms with Gasteiger partial charge in [0.2, 0.25) is 0 Å². The number of pyridine rings is 1. The van der Waals surface area contributed by atoms with Gasteiger partial charge in [0.15, 0.2) is 5.82 Å². The van der Waals surface area contributed by atoms with Crippen LogP contribution in [0.5, 0.6) is 0 Å². The highest BCUT2D eigenvalue weighted by Crippen LogP contribution is 2.39. The molecule has 0 amide bonds. The molecular formula is C29H24ClN5. The van der Waals surface area contributed by atoms with Crippen molar-refractivity contribution in [1.29, 1.82) is 0 Å². The number of benzene rings is 3. The van der Waals surface area contributed by atoms with Crippen LogP contribution in [0.25, 0.3) is 33.4 Å². The van der Waals surface area contributed by atoms with E-state index in [0.717, 1.165) is 58.1 Å². The second-order valence-corrected chi connectivity index (χ2v) is 9.14. The van der Waals surface area contributed by atoms with Crippen LogP contribution in [0.4, 0.5) is 11.5 Å². The normalized spacial score (nSPS) is 12.8. The second kappa shape index (κ2) is 9.10. The summed E-state index contributed by atoms with van der Waals surface area (Å²) in [6.07, 6.45) is 4.51. The maximum absolute atomic E-state index is 6.27. The van der Waals surface area contributed by atoms with E-state index in [1.54, 1.807) is 6.20 Å². The minimum absolute atomic E-state index is 0.670. The lowest BCUT2D eigenvalue weighted by molar-refractivity contribution is 0.819. The molecule has 0 saturated carbocycles. The minimum atomic E-state index is 0.670. The van der Waals surface area contributed by atoms with Crippen molar-refractivity contribution in [2.45, 2.75) is 13.0 Å². The molecule has 0 radical (unpaired) electrons. The van der Waals surface area contributed by atoms with Crippen molar-refractivity contribution in [3.63, 3.8) is 0 Å². The standard InChI is InChI=1S/C29H24ClN5/c1-31-17-21-5-2-3-7-24(21)19-8-10-25-26(16-19)33-28(22-6-4-13-32-18-22)34-29(25)35-14-12-20-15-23(30)9-11-27(20)35/h2-11,13,15-16,18,31H,12,14,17H2,1H3. The first-order chi connectivity index (χ1) is 17.2. The molecule has 5 nitrogen and oxygen atoms in total. The smallest absolute Gasteiger partial charge is 0.163 e. The summed E-state index contributed by atoms with van der Waals surface area (Å²) in [6, 6.07) is 25.0. The molecule has 6 heteroatoms. The number of hydrogen-bond acceptors (Lipinski definition) is 5. The van der Waals surface area contributed by atoms with Gasteiger partial charge in [0.1, 0.15) is 5.82 Å². The zero-order valence-corrected chi connectivity index (χ0v) is 20.1. The van der Waals surface area contributed by atoms with Crippen molar-refractivity contribution < 1.29 is 0 Å². The van der Waals surface area contributed by atoms with Gasteiger partial charge in [-0.25, -0.2) is 9.97 Å². The fraction of sp³-hybridized carbons (Fsp3) is 0.138. The molecule has 1 N–H and O–H groups in total. The van der Waals surface area contributed by atoms with Crippen molar-refractivity contribution >= 4 is 34.0 Å². The molecule has 2 aromatic heterocycles. The minimum Gasteiger partial charge on any atom is -0.325 e. The topological polar surface area (TPSA) is 53.9 Å². The van der Waals surface area contributed by atoms with Gasteiger partial charge in [0.05, 0.1) is 5.52 Å². The highest BCUT2D eigenvalue weighted by atomic mass is 35.5. The fourth-order valence-electron chi connectivity index (χ4n) is 4.85. The number of nitrogens with one attached hydrogen (secondary N) is 1. The summed E-state index contributed by atoms with van der Waals surface area (Å²) < 4.78 is 0. The molecule has 0 fully saturated rings. The quantitative estimate of drug-likeness (QED) is 0.316. The van der Waals surface area contributed by atoms with Crippen LogP contribution in [0.2, 0.25) is 5.02 Å². The molecule has 0 bridgehead atoms. The number of rotatable bonds is 5. The summed E-state index contributed by atoms with van der Waals surface area (Å²) in [5, 5.41) is 5.06. The molecule has 0 saturated heterocycles. The lowest BCUT2D eigenvalue weighted by Gasteiger charge is -2.21. The molecule has 1 aliphatic heterocycles. The van der Waals surface area contributed by atoms with Gasteiger partial charge < -0.3 is 10.2 Å². The number of fused-ring (bicyclic) bond motifs is 2. The van der Waals surface area contributed by atoms with Gasteiger partial charge in [0.25, 0.3) is 0 Å². The van der Waals surface area contributed by atoms with E-state index in [-0.39, 0.29) is 0 Å². The van der Waals surface area contributed by atoms with E-state index < -0.39 is 0 Å². The Labute approximate surface area is 209 Å². The molecule has 6 rings (SSSR count). The van der Waals surface area contributed by atoms with Crippen LogP contribution in [0, 0.1) is 0 Å². The third-order valence-corrected chi connectivity index (χ3v) is 6.72. The Hall–Kier alpha value is -3.80. The van der Waals surface area contributed by atoms with Crippen molar-refractivity contribution in [1.82, 2.24) is 20.3 Å². The Morgan fingerprint density at radius 1 is 0.943 bits per heavy atom. The van der Waals surface area contributed by atoms with Gasteiger partial charge in [-0.2, -0.15) is 0 Å². The lowest BCUT2D eigenvalue weighted by Crippen LogP contribution is -2.16. The molecule has 172 valence electrons. The monoisotopic (exact) mass is 477 g/mol. The van der Waals surface area contributed by atoms with Crippen LogP contribution in [0.1, 0.15) is 11.1 Å². The maximum Gasteiger partial charge on any atom is 0.163 e. The van der Waals surface area contributed by atoms with Crippen LogP contribution in [0.15, 0.2) is 85.2 Å². The molecule has 3 heterocycles. The SMILES string of the molecule is CNCc1ccccc1-c1ccc2c(N3CCc4cc(Cl)ccc43)nc(-c3cccnc3)nc2c1. The molecule has 0 unspecified atom stereocenters. The molecule has 1 aliphatic rings. The van der Waals surface area contributed by atoms with E-state index in [1.165, 1.54) is 16.7 Å². The third-order valence-electron chi connectivity index (χ3n) is 6.48. The summed E-state index contributed by atoms with van der Waals surface area (Å²) in [6.45, 7) is 1.65. The summed E-state index contributed by atoms with van der Waals surface area (Å²) in [7, 11) is 1.97. The number of anilines is 2. The van der Waals surface area contributed by atoms with E-state index in [4.69, 9.17) is 21.6 Å². The van der Waals surface area contributed by atoms with E-state index in [0.29, 0.717) is 5.82 Å². The summed E-state index contributed by atoms with van der Waals surface area (Å²) in [5.41, 5.74) is 7.79. The van der Waals surface area contributed by atoms with E-state index in [1.807, 2.05) is 31.4 Å². The van der Waals surface area contributed by atoms with Gasteiger partial charge in [0, 0.05) is 47.1 Å². The Morgan fingerprint density at radius 3 is 2.71 bits per heavy atom. The largest absolute Gasteiger partial charge is 0.325 e. The van der Waals surface area contributed by atoms with Gasteiger partial charge in [-0.15, -0.1) is 0 Å². The fourth-order valence-corrected chi connectivity index (χ4v) is 5.04. The molecule has 0 aliphatic carbocycles. The molecule has 3 aromatic carbocycles. The van der Waals surface area contributed by atoms with Gasteiger partial charge in [-0.05, 0) is 78.2 Å². The van der Waals surface area contributed by atoms with Crippen LogP contribution >= 0.6 is 11.6 Å². The van der Waals surface area contributed by atoms with Crippen LogP contribution in [-0.2, 0) is 13.0 Å². The average molecular weight is 478 g/mol. The first-order valence-corrected chi connectivity index (χ1v) is 12.1. The molecule has 0 spiro atoms. The summed E-state index contributed by atoms with van der Waals surface area (Å²) in [5.74, 6) is 1.58. The highest BCUT2D eigenvalue weighted by molar-refractivity contribution is 6.30. The Kier molecular flexibility index (Phi) is 5.64. The van der Waals surface area contributed by atoms with E-state index in [9.17, 15) is 0 Å². The zero-order valence-electron chi connectivity index (χ0n) is 19.4. The highest BCUT2D eigenvalue weighted by Gasteiger charge is 2.25. The summed E-state index contributed by atoms with van der Waals surface area (Å²) in [4.78, 5) is 16.6. The lowest BCUT2D eigenvalue weighted by atomic mass is 9.98. The van der Waals surface area contributed by atoms with E-state index in [2.05, 4.69) is 69.8 Å². The van der Waals surface area contributed by atoms with Crippen LogP contribution in [-0.4, -0.2) is 28.5 Å². The van der Waals surface area contributed by atoms with Crippen molar-refractivity contribution in [2.24, 2.45) is 0 Å². The molecule has 35 heavy (non-hydrogen) atoms. The number of nitrogens with zero attached hydrogens (tertiary/aromatic N) is 4. The van der Waals surface area contributed by atoms with Crippen LogP contribution in [0.3, 0.4) is 0 Å². The third kappa shape index (κ3) is 4.03. The average Bonchev–Trinajstić information content (AvgIpc) is 3.31. The predicted molar refractivity (Wildman–Crippen MR) is 143 cm³/mol. The van der Waals surface area contributed by atoms with Gasteiger partial charge in [-0.1, -0.05) is 41.9 Å². The van der Waals surface area contributed by atoms with E-state index >= 15 is 0 Å². The predicted octanol–water partition coefficient (Wildman–Crippen LogP) is 6.43. The zero-order chi connectivity index (χ0) is 23.8. The van der Waals surface area contributed by atoms with Gasteiger partial charge in [-0.3, -0.25) is 4.98 Å². The number of aromatic nitrogens is 3. The molecule has 5 aromatic rings. The Balaban J connectivity index is 1.56. The number of hydrogen-bond donors (Lipinski definition) is 1. The molecular weight excluding hydrogens is 454 g/mol.